The van der Waals surface area contributed by atoms with Crippen molar-refractivity contribution in [2.45, 2.75) is 13.2 Å². The van der Waals surface area contributed by atoms with Gasteiger partial charge in [0.05, 0.1) is 12.8 Å². The number of hydrogen-bond donors (Lipinski definition) is 1. The van der Waals surface area contributed by atoms with Gasteiger partial charge in [0, 0.05) is 24.8 Å². The molecule has 0 aliphatic rings. The molecule has 0 atom stereocenters. The van der Waals surface area contributed by atoms with Crippen LogP contribution >= 0.6 is 11.3 Å². The van der Waals surface area contributed by atoms with Gasteiger partial charge >= 0.3 is 0 Å². The van der Waals surface area contributed by atoms with Crippen molar-refractivity contribution in [2.75, 3.05) is 19.5 Å². The van der Waals surface area contributed by atoms with Crippen molar-refractivity contribution in [3.8, 4) is 17.0 Å². The fourth-order valence-electron chi connectivity index (χ4n) is 2.36. The zero-order chi connectivity index (χ0) is 20.1. The lowest BCUT2D eigenvalue weighted by molar-refractivity contribution is -0.117. The molecule has 2 heterocycles. The third-order valence-corrected chi connectivity index (χ3v) is 4.39. The van der Waals surface area contributed by atoms with E-state index < -0.39 is 17.3 Å². The molecule has 1 aromatic carbocycles. The number of rotatable bonds is 7. The average Bonchev–Trinajstić information content (AvgIpc) is 3.10. The summed E-state index contributed by atoms with van der Waals surface area (Å²) in [6, 6.07) is 6.72. The number of nitrogens with one attached hydrogen (secondary N) is 1. The van der Waals surface area contributed by atoms with Gasteiger partial charge in [-0.1, -0.05) is 11.3 Å². The minimum absolute atomic E-state index is 0.265. The van der Waals surface area contributed by atoms with Crippen molar-refractivity contribution in [2.24, 2.45) is 0 Å². The van der Waals surface area contributed by atoms with Gasteiger partial charge in [-0.05, 0) is 18.2 Å². The van der Waals surface area contributed by atoms with E-state index in [1.165, 1.54) is 55.9 Å². The first kappa shape index (κ1) is 19.6. The lowest BCUT2D eigenvalue weighted by atomic mass is 10.1. The Balaban J connectivity index is 1.80. The standard InChI is InChI=1S/C17H16FN5O4S/c1-26-9-15-20-21-17(28-15)19-14(24)8-23-16(25)6-5-12(22-23)11-4-3-10(18)7-13(11)27-2/h3-7H,8-9H2,1-2H3,(H,19,21,24). The number of carbonyl (C=O) groups is 1. The van der Waals surface area contributed by atoms with E-state index >= 15 is 0 Å². The molecule has 3 aromatic rings. The van der Waals surface area contributed by atoms with Gasteiger partial charge in [0.2, 0.25) is 11.0 Å². The van der Waals surface area contributed by atoms with Crippen molar-refractivity contribution in [3.63, 3.8) is 0 Å². The SMILES string of the molecule is COCc1nnc(NC(=O)Cn2nc(-c3ccc(F)cc3OC)ccc2=O)s1. The molecular weight excluding hydrogens is 389 g/mol. The zero-order valence-corrected chi connectivity index (χ0v) is 15.8. The maximum Gasteiger partial charge on any atom is 0.267 e. The smallest absolute Gasteiger partial charge is 0.267 e. The molecule has 0 radical (unpaired) electrons. The van der Waals surface area contributed by atoms with E-state index in [1.807, 2.05) is 0 Å². The highest BCUT2D eigenvalue weighted by molar-refractivity contribution is 7.15. The van der Waals surface area contributed by atoms with Crippen LogP contribution in [-0.2, 0) is 22.7 Å². The molecule has 9 nitrogen and oxygen atoms in total. The summed E-state index contributed by atoms with van der Waals surface area (Å²) in [6.45, 7) is -0.0362. The summed E-state index contributed by atoms with van der Waals surface area (Å²) < 4.78 is 24.5. The molecule has 28 heavy (non-hydrogen) atoms. The molecule has 3 rings (SSSR count). The average molecular weight is 405 g/mol. The van der Waals surface area contributed by atoms with Crippen LogP contribution in [0.4, 0.5) is 9.52 Å². The van der Waals surface area contributed by atoms with Crippen molar-refractivity contribution in [3.05, 3.63) is 51.5 Å². The van der Waals surface area contributed by atoms with Gasteiger partial charge in [0.1, 0.15) is 29.7 Å². The first-order valence-electron chi connectivity index (χ1n) is 8.03. The molecule has 146 valence electrons. The van der Waals surface area contributed by atoms with Gasteiger partial charge in [0.15, 0.2) is 0 Å². The third-order valence-electron chi connectivity index (χ3n) is 3.58. The summed E-state index contributed by atoms with van der Waals surface area (Å²) in [4.78, 5) is 24.3. The number of nitrogens with zero attached hydrogens (tertiary/aromatic N) is 4. The van der Waals surface area contributed by atoms with E-state index in [9.17, 15) is 14.0 Å². The topological polar surface area (TPSA) is 108 Å². The fraction of sp³-hybridized carbons (Fsp3) is 0.235. The molecule has 0 spiro atoms. The van der Waals surface area contributed by atoms with E-state index in [2.05, 4.69) is 20.6 Å². The van der Waals surface area contributed by atoms with Crippen molar-refractivity contribution < 1.29 is 18.7 Å². The number of benzene rings is 1. The normalized spacial score (nSPS) is 10.7. The summed E-state index contributed by atoms with van der Waals surface area (Å²) in [5, 5.41) is 15.3. The number of carbonyl (C=O) groups excluding carboxylic acids is 1. The summed E-state index contributed by atoms with van der Waals surface area (Å²) in [5.74, 6) is -0.683. The Labute approximate surface area is 162 Å². The van der Waals surface area contributed by atoms with Crippen LogP contribution in [-0.4, -0.2) is 40.1 Å². The Kier molecular flexibility index (Phi) is 6.06. The Hall–Kier alpha value is -3.18. The van der Waals surface area contributed by atoms with Crippen LogP contribution in [0.2, 0.25) is 0 Å². The van der Waals surface area contributed by atoms with Crippen molar-refractivity contribution in [1.29, 1.82) is 0 Å². The van der Waals surface area contributed by atoms with Gasteiger partial charge in [-0.25, -0.2) is 9.07 Å². The van der Waals surface area contributed by atoms with Crippen LogP contribution in [0.5, 0.6) is 5.75 Å². The second kappa shape index (κ2) is 8.67. The second-order valence-corrected chi connectivity index (χ2v) is 6.60. The molecule has 0 fully saturated rings. The number of ether oxygens (including phenoxy) is 2. The van der Waals surface area contributed by atoms with E-state index in [0.717, 1.165) is 4.68 Å². The summed E-state index contributed by atoms with van der Waals surface area (Å²) >= 11 is 1.17. The monoisotopic (exact) mass is 405 g/mol. The van der Waals surface area contributed by atoms with Gasteiger partial charge in [-0.2, -0.15) is 5.10 Å². The summed E-state index contributed by atoms with van der Waals surface area (Å²) in [5.41, 5.74) is 0.395. The first-order valence-corrected chi connectivity index (χ1v) is 8.85. The molecule has 0 bridgehead atoms. The van der Waals surface area contributed by atoms with Crippen LogP contribution in [0.25, 0.3) is 11.3 Å². The Morgan fingerprint density at radius 1 is 1.25 bits per heavy atom. The lowest BCUT2D eigenvalue weighted by Gasteiger charge is -2.10. The number of aromatic nitrogens is 4. The second-order valence-electron chi connectivity index (χ2n) is 5.54. The maximum atomic E-state index is 13.4. The quantitative estimate of drug-likeness (QED) is 0.637. The molecule has 2 aromatic heterocycles. The number of halogens is 1. The van der Waals surface area contributed by atoms with Crippen LogP contribution in [0.15, 0.2) is 35.1 Å². The number of methoxy groups -OCH3 is 2. The van der Waals surface area contributed by atoms with Gasteiger partial charge in [0.25, 0.3) is 5.56 Å². The Morgan fingerprint density at radius 3 is 2.82 bits per heavy atom. The van der Waals surface area contributed by atoms with Crippen LogP contribution in [0.3, 0.4) is 0 Å². The highest BCUT2D eigenvalue weighted by Crippen LogP contribution is 2.28. The molecule has 0 aliphatic carbocycles. The highest BCUT2D eigenvalue weighted by atomic mass is 32.1. The van der Waals surface area contributed by atoms with Crippen LogP contribution in [0, 0.1) is 5.82 Å². The van der Waals surface area contributed by atoms with E-state index in [0.29, 0.717) is 21.4 Å². The van der Waals surface area contributed by atoms with E-state index in [1.54, 1.807) is 0 Å². The third kappa shape index (κ3) is 4.56. The largest absolute Gasteiger partial charge is 0.496 e. The fourth-order valence-corrected chi connectivity index (χ4v) is 3.09. The molecule has 1 amide bonds. The summed E-state index contributed by atoms with van der Waals surface area (Å²) in [7, 11) is 2.93. The highest BCUT2D eigenvalue weighted by Gasteiger charge is 2.13. The number of amides is 1. The van der Waals surface area contributed by atoms with Gasteiger partial charge in [-0.15, -0.1) is 10.2 Å². The Bertz CT molecular complexity index is 1050. The van der Waals surface area contributed by atoms with E-state index in [4.69, 9.17) is 9.47 Å². The van der Waals surface area contributed by atoms with Gasteiger partial charge < -0.3 is 9.47 Å². The minimum Gasteiger partial charge on any atom is -0.496 e. The molecule has 0 saturated carbocycles. The predicted octanol–water partition coefficient (Wildman–Crippen LogP) is 1.69. The number of anilines is 1. The maximum absolute atomic E-state index is 13.4. The minimum atomic E-state index is -0.488. The number of hydrogen-bond acceptors (Lipinski definition) is 8. The molecular formula is C17H16FN5O4S. The molecule has 0 saturated heterocycles. The van der Waals surface area contributed by atoms with E-state index in [-0.39, 0.29) is 18.9 Å². The zero-order valence-electron chi connectivity index (χ0n) is 15.0. The Morgan fingerprint density at radius 2 is 2.07 bits per heavy atom. The molecule has 11 heteroatoms. The lowest BCUT2D eigenvalue weighted by Crippen LogP contribution is -2.29. The van der Waals surface area contributed by atoms with Crippen LogP contribution < -0.4 is 15.6 Å². The molecule has 0 unspecified atom stereocenters. The first-order chi connectivity index (χ1) is 13.5. The summed E-state index contributed by atoms with van der Waals surface area (Å²) in [6.07, 6.45) is 0. The predicted molar refractivity (Wildman–Crippen MR) is 99.7 cm³/mol. The van der Waals surface area contributed by atoms with Crippen molar-refractivity contribution in [1.82, 2.24) is 20.0 Å². The molecule has 0 aliphatic heterocycles. The van der Waals surface area contributed by atoms with Gasteiger partial charge in [-0.3, -0.25) is 14.9 Å². The molecule has 1 N–H and O–H groups in total. The van der Waals surface area contributed by atoms with Crippen molar-refractivity contribution >= 4 is 22.4 Å². The van der Waals surface area contributed by atoms with Crippen LogP contribution in [0.1, 0.15) is 5.01 Å².